The van der Waals surface area contributed by atoms with Crippen LogP contribution in [0.5, 0.6) is 0 Å². The van der Waals surface area contributed by atoms with Crippen LogP contribution in [0.4, 0.5) is 5.69 Å². The van der Waals surface area contributed by atoms with Gasteiger partial charge in [0.05, 0.1) is 11.8 Å². The van der Waals surface area contributed by atoms with Gasteiger partial charge in [0.15, 0.2) is 0 Å². The molecule has 3 heterocycles. The fourth-order valence-corrected chi connectivity index (χ4v) is 3.02. The lowest BCUT2D eigenvalue weighted by atomic mass is 10.1. The summed E-state index contributed by atoms with van der Waals surface area (Å²) in [7, 11) is 0. The minimum Gasteiger partial charge on any atom is -0.478 e. The molecule has 25 heavy (non-hydrogen) atoms. The number of hydrogen-bond acceptors (Lipinski definition) is 5. The largest absolute Gasteiger partial charge is 0.478 e. The maximum absolute atomic E-state index is 12.8. The number of nitrogens with zero attached hydrogens (tertiary/aromatic N) is 5. The molecule has 1 N–H and O–H groups in total. The fraction of sp³-hybridized carbons (Fsp3) is 0.294. The highest BCUT2D eigenvalue weighted by atomic mass is 16.4. The van der Waals surface area contributed by atoms with E-state index in [1.807, 2.05) is 25.1 Å². The van der Waals surface area contributed by atoms with Gasteiger partial charge in [-0.1, -0.05) is 6.07 Å². The zero-order chi connectivity index (χ0) is 17.6. The summed E-state index contributed by atoms with van der Waals surface area (Å²) in [6, 6.07) is 5.88. The number of hydrogen-bond donors (Lipinski definition) is 1. The number of anilines is 1. The third-order valence-corrected chi connectivity index (χ3v) is 4.49. The monoisotopic (exact) mass is 339 g/mol. The van der Waals surface area contributed by atoms with Crippen LogP contribution in [0, 0.1) is 6.92 Å². The van der Waals surface area contributed by atoms with Crippen molar-refractivity contribution in [1.29, 1.82) is 0 Å². The van der Waals surface area contributed by atoms with Gasteiger partial charge in [-0.15, -0.1) is 5.10 Å². The van der Waals surface area contributed by atoms with Crippen molar-refractivity contribution in [3.63, 3.8) is 0 Å². The molecule has 8 nitrogen and oxygen atoms in total. The Balaban J connectivity index is 1.53. The molecule has 1 aromatic heterocycles. The number of aromatic nitrogens is 2. The van der Waals surface area contributed by atoms with E-state index in [4.69, 9.17) is 5.11 Å². The average Bonchev–Trinajstić information content (AvgIpc) is 3.03. The van der Waals surface area contributed by atoms with E-state index < -0.39 is 5.97 Å². The molecule has 2 aromatic rings. The summed E-state index contributed by atoms with van der Waals surface area (Å²) in [6.07, 6.45) is 4.90. The second kappa shape index (κ2) is 5.73. The van der Waals surface area contributed by atoms with Crippen molar-refractivity contribution in [3.8, 4) is 0 Å². The number of hydrazone groups is 1. The van der Waals surface area contributed by atoms with Gasteiger partial charge in [0.1, 0.15) is 0 Å². The maximum atomic E-state index is 12.8. The van der Waals surface area contributed by atoms with Gasteiger partial charge in [0.2, 0.25) is 0 Å². The van der Waals surface area contributed by atoms with Crippen molar-refractivity contribution in [2.24, 2.45) is 5.10 Å². The Labute approximate surface area is 144 Å². The molecule has 0 atom stereocenters. The number of carboxylic acid groups (broad SMARTS) is 1. The minimum atomic E-state index is -1.07. The SMILES string of the molecule is Cc1ccc(N2CCCC2)cc1C(=O)N1N=C1n1cc(C(=O)O)cn1. The van der Waals surface area contributed by atoms with E-state index in [9.17, 15) is 9.59 Å². The van der Waals surface area contributed by atoms with E-state index >= 15 is 0 Å². The molecule has 0 radical (unpaired) electrons. The molecule has 1 aromatic carbocycles. The molecule has 0 bridgehead atoms. The normalized spacial score (nSPS) is 16.1. The summed E-state index contributed by atoms with van der Waals surface area (Å²) in [5.74, 6) is -0.982. The lowest BCUT2D eigenvalue weighted by Crippen LogP contribution is -2.23. The first-order valence-corrected chi connectivity index (χ1v) is 8.11. The number of carbonyl (C=O) groups is 2. The molecule has 0 spiro atoms. The molecule has 0 unspecified atom stereocenters. The first-order chi connectivity index (χ1) is 12.0. The number of benzene rings is 1. The van der Waals surface area contributed by atoms with E-state index in [0.29, 0.717) is 11.5 Å². The number of amides is 1. The second-order valence-corrected chi connectivity index (χ2v) is 6.19. The predicted molar refractivity (Wildman–Crippen MR) is 90.8 cm³/mol. The highest BCUT2D eigenvalue weighted by molar-refractivity contribution is 6.12. The summed E-state index contributed by atoms with van der Waals surface area (Å²) in [6.45, 7) is 3.90. The van der Waals surface area contributed by atoms with Crippen LogP contribution in [0.1, 0.15) is 39.1 Å². The van der Waals surface area contributed by atoms with Crippen molar-refractivity contribution in [1.82, 2.24) is 14.8 Å². The first kappa shape index (κ1) is 15.4. The van der Waals surface area contributed by atoms with Crippen molar-refractivity contribution in [2.45, 2.75) is 19.8 Å². The Morgan fingerprint density at radius 1 is 1.20 bits per heavy atom. The molecule has 4 rings (SSSR count). The molecule has 1 amide bonds. The molecular formula is C17H17N5O3. The Morgan fingerprint density at radius 3 is 2.64 bits per heavy atom. The number of carbonyl (C=O) groups excluding carboxylic acids is 1. The van der Waals surface area contributed by atoms with Gasteiger partial charge in [-0.3, -0.25) is 4.79 Å². The third kappa shape index (κ3) is 2.75. The summed E-state index contributed by atoms with van der Waals surface area (Å²) >= 11 is 0. The van der Waals surface area contributed by atoms with Crippen molar-refractivity contribution in [3.05, 3.63) is 47.3 Å². The van der Waals surface area contributed by atoms with E-state index in [1.165, 1.54) is 34.9 Å². The van der Waals surface area contributed by atoms with Gasteiger partial charge in [-0.05, 0) is 37.5 Å². The molecule has 1 saturated heterocycles. The quantitative estimate of drug-likeness (QED) is 0.920. The van der Waals surface area contributed by atoms with E-state index in [2.05, 4.69) is 15.1 Å². The predicted octanol–water partition coefficient (Wildman–Crippen LogP) is 1.77. The number of aromatic carboxylic acids is 1. The zero-order valence-electron chi connectivity index (χ0n) is 13.7. The number of carboxylic acids is 1. The molecule has 8 heteroatoms. The highest BCUT2D eigenvalue weighted by Crippen LogP contribution is 2.26. The Kier molecular flexibility index (Phi) is 3.52. The highest BCUT2D eigenvalue weighted by Gasteiger charge is 2.35. The van der Waals surface area contributed by atoms with Gasteiger partial charge in [0, 0.05) is 30.5 Å². The number of rotatable bonds is 3. The van der Waals surface area contributed by atoms with Crippen LogP contribution in [0.15, 0.2) is 35.7 Å². The molecular weight excluding hydrogens is 322 g/mol. The summed E-state index contributed by atoms with van der Waals surface area (Å²) in [4.78, 5) is 25.9. The van der Waals surface area contributed by atoms with Gasteiger partial charge in [0.25, 0.3) is 11.9 Å². The molecule has 2 aliphatic heterocycles. The lowest BCUT2D eigenvalue weighted by Gasteiger charge is -2.19. The van der Waals surface area contributed by atoms with Crippen molar-refractivity contribution < 1.29 is 14.7 Å². The van der Waals surface area contributed by atoms with Crippen molar-refractivity contribution >= 4 is 23.5 Å². The van der Waals surface area contributed by atoms with Crippen LogP contribution < -0.4 is 4.90 Å². The average molecular weight is 339 g/mol. The Bertz CT molecular complexity index is 895. The summed E-state index contributed by atoms with van der Waals surface area (Å²) in [5, 5.41) is 18.2. The van der Waals surface area contributed by atoms with Gasteiger partial charge in [-0.2, -0.15) is 10.1 Å². The fourth-order valence-electron chi connectivity index (χ4n) is 3.02. The van der Waals surface area contributed by atoms with Gasteiger partial charge in [-0.25, -0.2) is 9.48 Å². The van der Waals surface area contributed by atoms with Crippen LogP contribution in [-0.4, -0.2) is 50.8 Å². The van der Waals surface area contributed by atoms with E-state index in [-0.39, 0.29) is 11.5 Å². The standard InChI is InChI=1S/C17H17N5O3/c1-11-4-5-13(20-6-2-3-7-20)8-14(11)15(23)22-17(19-22)21-10-12(9-18-21)16(24)25/h4-5,8-10H,2-3,6-7H2,1H3,(H,24,25). The zero-order valence-corrected chi connectivity index (χ0v) is 13.7. The number of aryl methyl sites for hydroxylation is 1. The topological polar surface area (TPSA) is 90.8 Å². The smallest absolute Gasteiger partial charge is 0.338 e. The van der Waals surface area contributed by atoms with Gasteiger partial charge >= 0.3 is 5.97 Å². The molecule has 2 aliphatic rings. The van der Waals surface area contributed by atoms with E-state index in [1.54, 1.807) is 0 Å². The van der Waals surface area contributed by atoms with Gasteiger partial charge < -0.3 is 10.0 Å². The maximum Gasteiger partial charge on any atom is 0.338 e. The Hall–Kier alpha value is -3.16. The van der Waals surface area contributed by atoms with Crippen LogP contribution in [0.3, 0.4) is 0 Å². The van der Waals surface area contributed by atoms with Crippen LogP contribution in [-0.2, 0) is 0 Å². The second-order valence-electron chi connectivity index (χ2n) is 6.19. The molecule has 0 saturated carbocycles. The minimum absolute atomic E-state index is 0.0502. The van der Waals surface area contributed by atoms with Crippen LogP contribution in [0.25, 0.3) is 0 Å². The molecule has 1 fully saturated rings. The summed E-state index contributed by atoms with van der Waals surface area (Å²) < 4.78 is 1.29. The molecule has 0 aliphatic carbocycles. The lowest BCUT2D eigenvalue weighted by molar-refractivity contribution is 0.0696. The third-order valence-electron chi connectivity index (χ3n) is 4.49. The Morgan fingerprint density at radius 2 is 1.96 bits per heavy atom. The summed E-state index contributed by atoms with van der Waals surface area (Å²) in [5.41, 5.74) is 2.56. The van der Waals surface area contributed by atoms with Crippen LogP contribution in [0.2, 0.25) is 0 Å². The molecule has 128 valence electrons. The first-order valence-electron chi connectivity index (χ1n) is 8.11. The van der Waals surface area contributed by atoms with Crippen molar-refractivity contribution in [2.75, 3.05) is 18.0 Å². The van der Waals surface area contributed by atoms with Crippen LogP contribution >= 0.6 is 0 Å². The van der Waals surface area contributed by atoms with E-state index in [0.717, 1.165) is 24.3 Å².